The Morgan fingerprint density at radius 2 is 0.829 bits per heavy atom. The van der Waals surface area contributed by atoms with Crippen molar-refractivity contribution in [1.82, 2.24) is 0 Å². The van der Waals surface area contributed by atoms with Crippen molar-refractivity contribution in [1.29, 1.82) is 0 Å². The monoisotopic (exact) mass is 575 g/mol. The zero-order valence-corrected chi connectivity index (χ0v) is 27.7. The van der Waals surface area contributed by atoms with Crippen LogP contribution in [0.4, 0.5) is 0 Å². The van der Waals surface area contributed by atoms with E-state index in [1.165, 1.54) is 147 Å². The van der Waals surface area contributed by atoms with Crippen LogP contribution in [0.2, 0.25) is 0 Å². The van der Waals surface area contributed by atoms with Crippen molar-refractivity contribution < 1.29 is 14.2 Å². The number of ether oxygens (including phenoxy) is 3. The van der Waals surface area contributed by atoms with Crippen molar-refractivity contribution >= 4 is 0 Å². The van der Waals surface area contributed by atoms with Crippen molar-refractivity contribution in [2.75, 3.05) is 26.4 Å². The van der Waals surface area contributed by atoms with Gasteiger partial charge in [0.2, 0.25) is 0 Å². The Balaban J connectivity index is 2.06. The summed E-state index contributed by atoms with van der Waals surface area (Å²) in [6, 6.07) is 10.4. The minimum Gasteiger partial charge on any atom is -0.379 e. The highest BCUT2D eigenvalue weighted by Gasteiger charge is 2.10. The van der Waals surface area contributed by atoms with Gasteiger partial charge in [-0.3, -0.25) is 0 Å². The molecule has 0 amide bonds. The van der Waals surface area contributed by atoms with Crippen LogP contribution < -0.4 is 0 Å². The normalized spacial score (nSPS) is 12.2. The average Bonchev–Trinajstić information content (AvgIpc) is 2.99. The highest BCUT2D eigenvalue weighted by molar-refractivity contribution is 5.13. The van der Waals surface area contributed by atoms with E-state index in [1.54, 1.807) is 0 Å². The Morgan fingerprint density at radius 3 is 1.29 bits per heavy atom. The maximum atomic E-state index is 6.24. The number of hydrogen-bond donors (Lipinski definition) is 0. The van der Waals surface area contributed by atoms with Crippen LogP contribution in [-0.2, 0) is 20.8 Å². The largest absolute Gasteiger partial charge is 0.379 e. The van der Waals surface area contributed by atoms with Crippen LogP contribution in [-0.4, -0.2) is 32.5 Å². The lowest BCUT2D eigenvalue weighted by molar-refractivity contribution is -0.0645. The lowest BCUT2D eigenvalue weighted by Gasteiger charge is -2.18. The van der Waals surface area contributed by atoms with E-state index in [2.05, 4.69) is 38.1 Å². The molecule has 0 saturated heterocycles. The average molecular weight is 575 g/mol. The fourth-order valence-electron chi connectivity index (χ4n) is 5.48. The quantitative estimate of drug-likeness (QED) is 0.0781. The fraction of sp³-hybridized carbons (Fsp3) is 0.842. The first-order valence-corrected chi connectivity index (χ1v) is 18.2. The summed E-state index contributed by atoms with van der Waals surface area (Å²) in [6.07, 6.45) is 32.9. The third kappa shape index (κ3) is 27.7. The summed E-state index contributed by atoms with van der Waals surface area (Å²) in [4.78, 5) is 0. The van der Waals surface area contributed by atoms with E-state index in [-0.39, 0.29) is 6.10 Å². The van der Waals surface area contributed by atoms with Gasteiger partial charge in [0.25, 0.3) is 0 Å². The van der Waals surface area contributed by atoms with E-state index in [1.807, 2.05) is 6.07 Å². The van der Waals surface area contributed by atoms with E-state index in [9.17, 15) is 0 Å². The topological polar surface area (TPSA) is 27.7 Å². The second-order valence-electron chi connectivity index (χ2n) is 12.3. The molecule has 0 radical (unpaired) electrons. The van der Waals surface area contributed by atoms with Crippen LogP contribution in [0.25, 0.3) is 0 Å². The SMILES string of the molecule is CCCCCCCCCCCCCCOCC(COCc1ccccc1)OCCCCCCCCCCCCCC. The maximum Gasteiger partial charge on any atom is 0.104 e. The Morgan fingerprint density at radius 1 is 0.439 bits per heavy atom. The van der Waals surface area contributed by atoms with Crippen LogP contribution in [0.1, 0.15) is 174 Å². The Kier molecular flexibility index (Phi) is 29.8. The number of unbranched alkanes of at least 4 members (excludes halogenated alkanes) is 22. The van der Waals surface area contributed by atoms with Gasteiger partial charge in [0, 0.05) is 13.2 Å². The van der Waals surface area contributed by atoms with Gasteiger partial charge >= 0.3 is 0 Å². The van der Waals surface area contributed by atoms with E-state index >= 15 is 0 Å². The number of hydrogen-bond acceptors (Lipinski definition) is 3. The molecule has 1 aromatic rings. The second kappa shape index (κ2) is 32.0. The minimum atomic E-state index is 0.0312. The summed E-state index contributed by atoms with van der Waals surface area (Å²) in [5.74, 6) is 0. The summed E-state index contributed by atoms with van der Waals surface area (Å²) in [5, 5.41) is 0. The zero-order chi connectivity index (χ0) is 29.3. The molecule has 3 heteroatoms. The van der Waals surface area contributed by atoms with Gasteiger partial charge in [0.05, 0.1) is 19.8 Å². The van der Waals surface area contributed by atoms with Crippen LogP contribution in [0.5, 0.6) is 0 Å². The number of rotatable bonds is 33. The molecule has 41 heavy (non-hydrogen) atoms. The minimum absolute atomic E-state index is 0.0312. The van der Waals surface area contributed by atoms with Crippen molar-refractivity contribution in [3.05, 3.63) is 35.9 Å². The molecular weight excluding hydrogens is 504 g/mol. The highest BCUT2D eigenvalue weighted by Crippen LogP contribution is 2.14. The van der Waals surface area contributed by atoms with Gasteiger partial charge in [-0.1, -0.05) is 185 Å². The summed E-state index contributed by atoms with van der Waals surface area (Å²) < 4.78 is 18.3. The first-order chi connectivity index (χ1) is 20.4. The van der Waals surface area contributed by atoms with Crippen molar-refractivity contribution in [2.45, 2.75) is 181 Å². The molecule has 0 heterocycles. The van der Waals surface area contributed by atoms with Crippen molar-refractivity contribution in [2.24, 2.45) is 0 Å². The van der Waals surface area contributed by atoms with Gasteiger partial charge in [-0.25, -0.2) is 0 Å². The Bertz CT molecular complexity index is 605. The molecule has 0 spiro atoms. The van der Waals surface area contributed by atoms with Crippen LogP contribution in [0, 0.1) is 0 Å². The third-order valence-electron chi connectivity index (χ3n) is 8.21. The predicted molar refractivity (Wildman–Crippen MR) is 179 cm³/mol. The van der Waals surface area contributed by atoms with E-state index < -0.39 is 0 Å². The second-order valence-corrected chi connectivity index (χ2v) is 12.3. The van der Waals surface area contributed by atoms with Crippen molar-refractivity contribution in [3.63, 3.8) is 0 Å². The zero-order valence-electron chi connectivity index (χ0n) is 27.7. The molecule has 0 N–H and O–H groups in total. The highest BCUT2D eigenvalue weighted by atomic mass is 16.6. The molecule has 0 aliphatic carbocycles. The first-order valence-electron chi connectivity index (χ1n) is 18.2. The maximum absolute atomic E-state index is 6.24. The standard InChI is InChI=1S/C38H70O3/c1-3-5-7-9-11-13-15-17-19-21-23-28-32-39-35-38(36-40-34-37-30-26-25-27-31-37)41-33-29-24-22-20-18-16-14-12-10-8-6-4-2/h25-27,30-31,38H,3-24,28-29,32-36H2,1-2H3. The molecule has 1 aromatic carbocycles. The molecular formula is C38H70O3. The molecule has 0 saturated carbocycles. The van der Waals surface area contributed by atoms with Crippen molar-refractivity contribution in [3.8, 4) is 0 Å². The van der Waals surface area contributed by atoms with E-state index in [4.69, 9.17) is 14.2 Å². The molecule has 1 unspecified atom stereocenters. The molecule has 240 valence electrons. The Labute approximate surface area is 256 Å². The predicted octanol–water partition coefficient (Wildman–Crippen LogP) is 12.0. The van der Waals surface area contributed by atoms with Crippen LogP contribution in [0.15, 0.2) is 30.3 Å². The van der Waals surface area contributed by atoms with Gasteiger partial charge in [0.15, 0.2) is 0 Å². The Hall–Kier alpha value is -0.900. The van der Waals surface area contributed by atoms with Gasteiger partial charge < -0.3 is 14.2 Å². The van der Waals surface area contributed by atoms with Gasteiger partial charge in [-0.2, -0.15) is 0 Å². The van der Waals surface area contributed by atoms with Gasteiger partial charge in [-0.05, 0) is 18.4 Å². The molecule has 0 aliphatic rings. The summed E-state index contributed by atoms with van der Waals surface area (Å²) in [7, 11) is 0. The summed E-state index contributed by atoms with van der Waals surface area (Å²) in [5.41, 5.74) is 1.21. The molecule has 0 bridgehead atoms. The summed E-state index contributed by atoms with van der Waals surface area (Å²) in [6.45, 7) is 8.13. The third-order valence-corrected chi connectivity index (χ3v) is 8.21. The molecule has 0 aromatic heterocycles. The smallest absolute Gasteiger partial charge is 0.104 e. The molecule has 0 fully saturated rings. The van der Waals surface area contributed by atoms with Gasteiger partial charge in [0.1, 0.15) is 6.10 Å². The number of benzene rings is 1. The first kappa shape index (κ1) is 38.1. The van der Waals surface area contributed by atoms with E-state index in [0.717, 1.165) is 26.1 Å². The van der Waals surface area contributed by atoms with Crippen LogP contribution in [0.3, 0.4) is 0 Å². The molecule has 0 aliphatic heterocycles. The van der Waals surface area contributed by atoms with Crippen LogP contribution >= 0.6 is 0 Å². The lowest BCUT2D eigenvalue weighted by atomic mass is 10.1. The molecule has 1 atom stereocenters. The molecule has 3 nitrogen and oxygen atoms in total. The van der Waals surface area contributed by atoms with Gasteiger partial charge in [-0.15, -0.1) is 0 Å². The molecule has 1 rings (SSSR count). The van der Waals surface area contributed by atoms with E-state index in [0.29, 0.717) is 19.8 Å². The fourth-order valence-corrected chi connectivity index (χ4v) is 5.48. The summed E-state index contributed by atoms with van der Waals surface area (Å²) >= 11 is 0. The lowest BCUT2D eigenvalue weighted by Crippen LogP contribution is -2.26.